The van der Waals surface area contributed by atoms with Crippen LogP contribution in [0.5, 0.6) is 0 Å². The molecule has 0 spiro atoms. The number of aryl methyl sites for hydroxylation is 1. The molecule has 0 aromatic heterocycles. The molecule has 3 aliphatic rings. The van der Waals surface area contributed by atoms with E-state index in [1.165, 1.54) is 5.56 Å². The van der Waals surface area contributed by atoms with Crippen LogP contribution in [-0.2, 0) is 11.2 Å². The second-order valence-corrected chi connectivity index (χ2v) is 7.24. The summed E-state index contributed by atoms with van der Waals surface area (Å²) in [6, 6.07) is 8.58. The number of carbonyl (C=O) groups is 1. The van der Waals surface area contributed by atoms with Gasteiger partial charge in [0.1, 0.15) is 11.7 Å². The molecule has 1 unspecified atom stereocenters. The highest BCUT2D eigenvalue weighted by Gasteiger charge is 2.27. The van der Waals surface area contributed by atoms with Crippen LogP contribution in [0.3, 0.4) is 0 Å². The Morgan fingerprint density at radius 2 is 2.04 bits per heavy atom. The van der Waals surface area contributed by atoms with Gasteiger partial charge in [-0.15, -0.1) is 0 Å². The van der Waals surface area contributed by atoms with Crippen LogP contribution in [-0.4, -0.2) is 71.5 Å². The van der Waals surface area contributed by atoms with E-state index in [1.807, 2.05) is 23.4 Å². The number of rotatable bonds is 3. The average molecular weight is 351 g/mol. The van der Waals surface area contributed by atoms with Crippen molar-refractivity contribution in [3.05, 3.63) is 47.3 Å². The Hall–Kier alpha value is -2.63. The van der Waals surface area contributed by atoms with Gasteiger partial charge in [0.05, 0.1) is 25.3 Å². The maximum atomic E-state index is 12.6. The van der Waals surface area contributed by atoms with Crippen LogP contribution in [0.25, 0.3) is 0 Å². The summed E-state index contributed by atoms with van der Waals surface area (Å²) in [6.45, 7) is 8.14. The molecule has 1 aromatic rings. The van der Waals surface area contributed by atoms with Crippen molar-refractivity contribution in [1.82, 2.24) is 14.7 Å². The van der Waals surface area contributed by atoms with E-state index in [9.17, 15) is 4.79 Å². The van der Waals surface area contributed by atoms with Crippen LogP contribution in [0.1, 0.15) is 18.1 Å². The Kier molecular flexibility index (Phi) is 4.49. The van der Waals surface area contributed by atoms with Crippen LogP contribution in [0.2, 0.25) is 0 Å². The standard InChI is InChI=1S/C20H25N5O/c1-15-4-3-5-17(10-15)11-20(26)24-8-6-23(7-9-24)18-12-19-21-13-16(2)25(19)14-22-18/h3-5,10,12,14,16H,6-9,11,13H2,1-2H3. The molecule has 0 N–H and O–H groups in total. The van der Waals surface area contributed by atoms with E-state index in [0.29, 0.717) is 12.5 Å². The molecule has 26 heavy (non-hydrogen) atoms. The highest BCUT2D eigenvalue weighted by atomic mass is 16.2. The van der Waals surface area contributed by atoms with E-state index in [1.54, 1.807) is 0 Å². The molecule has 0 radical (unpaired) electrons. The zero-order chi connectivity index (χ0) is 18.1. The van der Waals surface area contributed by atoms with Crippen molar-refractivity contribution >= 4 is 18.1 Å². The van der Waals surface area contributed by atoms with E-state index in [4.69, 9.17) is 0 Å². The summed E-state index contributed by atoms with van der Waals surface area (Å²) in [7, 11) is 0. The molecule has 6 nitrogen and oxygen atoms in total. The fraction of sp³-hybridized carbons (Fsp3) is 0.450. The van der Waals surface area contributed by atoms with Crippen LogP contribution < -0.4 is 0 Å². The molecular weight excluding hydrogens is 326 g/mol. The van der Waals surface area contributed by atoms with Gasteiger partial charge >= 0.3 is 0 Å². The van der Waals surface area contributed by atoms with Crippen LogP contribution in [0, 0.1) is 6.92 Å². The summed E-state index contributed by atoms with van der Waals surface area (Å²) in [5.41, 5.74) is 2.28. The molecule has 3 heterocycles. The first-order valence-corrected chi connectivity index (χ1v) is 9.27. The Labute approximate surface area is 154 Å². The molecule has 1 amide bonds. The minimum atomic E-state index is 0.205. The molecular formula is C20H25N5O. The third kappa shape index (κ3) is 3.36. The van der Waals surface area contributed by atoms with E-state index in [2.05, 4.69) is 51.8 Å². The molecule has 0 saturated carbocycles. The second-order valence-electron chi connectivity index (χ2n) is 7.24. The SMILES string of the molecule is Cc1cccc(CC(=O)N2CCN(C3=CC4=NCC(C)N4C=N3)CC2)c1. The number of nitrogens with zero attached hydrogens (tertiary/aromatic N) is 5. The Balaban J connectivity index is 1.34. The zero-order valence-corrected chi connectivity index (χ0v) is 15.4. The lowest BCUT2D eigenvalue weighted by Crippen LogP contribution is -2.49. The molecule has 3 aliphatic heterocycles. The fourth-order valence-electron chi connectivity index (χ4n) is 3.65. The summed E-state index contributed by atoms with van der Waals surface area (Å²) in [4.78, 5) is 28.1. The Morgan fingerprint density at radius 3 is 2.81 bits per heavy atom. The fourth-order valence-corrected chi connectivity index (χ4v) is 3.65. The van der Waals surface area contributed by atoms with Gasteiger partial charge < -0.3 is 14.7 Å². The predicted octanol–water partition coefficient (Wildman–Crippen LogP) is 1.67. The Morgan fingerprint density at radius 1 is 1.23 bits per heavy atom. The first-order valence-electron chi connectivity index (χ1n) is 9.27. The normalized spacial score (nSPS) is 22.2. The number of piperazine rings is 1. The second kappa shape index (κ2) is 6.94. The lowest BCUT2D eigenvalue weighted by Gasteiger charge is -2.37. The van der Waals surface area contributed by atoms with E-state index in [0.717, 1.165) is 49.9 Å². The molecule has 136 valence electrons. The molecule has 0 aliphatic carbocycles. The van der Waals surface area contributed by atoms with E-state index in [-0.39, 0.29) is 5.91 Å². The van der Waals surface area contributed by atoms with Crippen molar-refractivity contribution in [2.45, 2.75) is 26.3 Å². The van der Waals surface area contributed by atoms with Crippen LogP contribution in [0.15, 0.2) is 46.1 Å². The number of benzene rings is 1. The molecule has 1 atom stereocenters. The van der Waals surface area contributed by atoms with Crippen molar-refractivity contribution in [3.63, 3.8) is 0 Å². The molecule has 1 saturated heterocycles. The Bertz CT molecular complexity index is 789. The van der Waals surface area contributed by atoms with Crippen molar-refractivity contribution in [3.8, 4) is 0 Å². The smallest absolute Gasteiger partial charge is 0.227 e. The lowest BCUT2D eigenvalue weighted by atomic mass is 10.1. The summed E-state index contributed by atoms with van der Waals surface area (Å²) in [5, 5.41) is 0. The number of hydrogen-bond donors (Lipinski definition) is 0. The maximum Gasteiger partial charge on any atom is 0.227 e. The zero-order valence-electron chi connectivity index (χ0n) is 15.4. The first-order chi connectivity index (χ1) is 12.6. The van der Waals surface area contributed by atoms with Gasteiger partial charge in [-0.3, -0.25) is 9.79 Å². The van der Waals surface area contributed by atoms with Crippen molar-refractivity contribution in [2.24, 2.45) is 9.98 Å². The van der Waals surface area contributed by atoms with Crippen LogP contribution >= 0.6 is 0 Å². The van der Waals surface area contributed by atoms with Gasteiger partial charge in [-0.05, 0) is 19.4 Å². The quantitative estimate of drug-likeness (QED) is 0.832. The number of carbonyl (C=O) groups excluding carboxylic acids is 1. The van der Waals surface area contributed by atoms with Crippen molar-refractivity contribution in [1.29, 1.82) is 0 Å². The third-order valence-electron chi connectivity index (χ3n) is 5.22. The number of amidine groups is 1. The number of amides is 1. The minimum Gasteiger partial charge on any atom is -0.353 e. The average Bonchev–Trinajstić information content (AvgIpc) is 3.02. The summed E-state index contributed by atoms with van der Waals surface area (Å²) in [5.74, 6) is 2.16. The van der Waals surface area contributed by atoms with Gasteiger partial charge in [-0.2, -0.15) is 0 Å². The maximum absolute atomic E-state index is 12.6. The predicted molar refractivity (Wildman–Crippen MR) is 103 cm³/mol. The van der Waals surface area contributed by atoms with Gasteiger partial charge in [0, 0.05) is 32.3 Å². The number of hydrogen-bond acceptors (Lipinski definition) is 5. The van der Waals surface area contributed by atoms with Gasteiger partial charge in [-0.1, -0.05) is 29.8 Å². The van der Waals surface area contributed by atoms with Gasteiger partial charge in [0.15, 0.2) is 0 Å². The first kappa shape index (κ1) is 16.8. The minimum absolute atomic E-state index is 0.205. The van der Waals surface area contributed by atoms with Crippen molar-refractivity contribution < 1.29 is 4.79 Å². The topological polar surface area (TPSA) is 51.5 Å². The monoisotopic (exact) mass is 351 g/mol. The number of fused-ring (bicyclic) bond motifs is 1. The molecule has 4 rings (SSSR count). The third-order valence-corrected chi connectivity index (χ3v) is 5.22. The highest BCUT2D eigenvalue weighted by molar-refractivity contribution is 6.03. The highest BCUT2D eigenvalue weighted by Crippen LogP contribution is 2.19. The molecule has 1 aromatic carbocycles. The molecule has 6 heteroatoms. The van der Waals surface area contributed by atoms with Gasteiger partial charge in [0.25, 0.3) is 0 Å². The van der Waals surface area contributed by atoms with Crippen molar-refractivity contribution in [2.75, 3.05) is 32.7 Å². The molecule has 0 bridgehead atoms. The summed E-state index contributed by atoms with van der Waals surface area (Å²) >= 11 is 0. The van der Waals surface area contributed by atoms with Crippen LogP contribution in [0.4, 0.5) is 0 Å². The summed E-state index contributed by atoms with van der Waals surface area (Å²) in [6.07, 6.45) is 4.43. The number of aliphatic imine (C=N–C) groups is 2. The largest absolute Gasteiger partial charge is 0.353 e. The van der Waals surface area contributed by atoms with Gasteiger partial charge in [-0.25, -0.2) is 4.99 Å². The van der Waals surface area contributed by atoms with E-state index < -0.39 is 0 Å². The van der Waals surface area contributed by atoms with Gasteiger partial charge in [0.2, 0.25) is 5.91 Å². The lowest BCUT2D eigenvalue weighted by molar-refractivity contribution is -0.131. The summed E-state index contributed by atoms with van der Waals surface area (Å²) < 4.78 is 0. The molecule has 1 fully saturated rings. The van der Waals surface area contributed by atoms with E-state index >= 15 is 0 Å².